The number of likely N-dealkylation sites (tertiary alicyclic amines) is 1. The summed E-state index contributed by atoms with van der Waals surface area (Å²) in [5.74, 6) is 0.0453. The highest BCUT2D eigenvalue weighted by atomic mass is 19.1. The molecule has 0 radical (unpaired) electrons. The van der Waals surface area contributed by atoms with Gasteiger partial charge in [0.25, 0.3) is 0 Å². The van der Waals surface area contributed by atoms with Crippen molar-refractivity contribution in [2.45, 2.75) is 25.4 Å². The second kappa shape index (κ2) is 8.14. The third-order valence-corrected chi connectivity index (χ3v) is 4.65. The molecule has 0 atom stereocenters. The van der Waals surface area contributed by atoms with Gasteiger partial charge >= 0.3 is 5.69 Å². The second-order valence-electron chi connectivity index (χ2n) is 6.46. The fourth-order valence-electron chi connectivity index (χ4n) is 3.24. The predicted octanol–water partition coefficient (Wildman–Crippen LogP) is 3.82. The molecule has 138 valence electrons. The number of nitro benzene ring substituents is 1. The van der Waals surface area contributed by atoms with E-state index in [1.807, 2.05) is 12.1 Å². The number of ether oxygens (including phenoxy) is 1. The summed E-state index contributed by atoms with van der Waals surface area (Å²) in [4.78, 5) is 12.9. The maximum atomic E-state index is 13.0. The number of nitro groups is 1. The number of hydrogen-bond acceptors (Lipinski definition) is 5. The number of benzene rings is 2. The van der Waals surface area contributed by atoms with Crippen molar-refractivity contribution in [3.05, 3.63) is 64.0 Å². The molecule has 1 fully saturated rings. The molecule has 2 aromatic rings. The number of rotatable bonds is 6. The molecule has 1 aliphatic rings. The van der Waals surface area contributed by atoms with E-state index < -0.39 is 4.92 Å². The van der Waals surface area contributed by atoms with Crippen LogP contribution in [0.5, 0.6) is 5.75 Å². The Bertz CT molecular complexity index is 759. The van der Waals surface area contributed by atoms with Gasteiger partial charge in [-0.05, 0) is 36.6 Å². The summed E-state index contributed by atoms with van der Waals surface area (Å²) in [6.45, 7) is 2.71. The van der Waals surface area contributed by atoms with Gasteiger partial charge in [-0.3, -0.25) is 15.0 Å². The van der Waals surface area contributed by atoms with Crippen molar-refractivity contribution in [3.63, 3.8) is 0 Å². The van der Waals surface area contributed by atoms with Gasteiger partial charge < -0.3 is 10.1 Å². The first-order chi connectivity index (χ1) is 12.5. The third kappa shape index (κ3) is 4.49. The molecule has 0 aliphatic carbocycles. The van der Waals surface area contributed by atoms with Crippen LogP contribution in [0.2, 0.25) is 0 Å². The van der Waals surface area contributed by atoms with E-state index in [0.717, 1.165) is 43.7 Å². The van der Waals surface area contributed by atoms with E-state index in [2.05, 4.69) is 10.2 Å². The summed E-state index contributed by atoms with van der Waals surface area (Å²) in [7, 11) is 1.43. The standard InChI is InChI=1S/C19H22FN3O3/c1-26-19-12-17(6-7-18(19)23(24)25)21-16-8-10-22(11-9-16)13-14-2-4-15(20)5-3-14/h2-7,12,16,21H,8-11,13H2,1H3. The Kier molecular flexibility index (Phi) is 5.68. The maximum Gasteiger partial charge on any atom is 0.311 e. The van der Waals surface area contributed by atoms with Gasteiger partial charge in [0.1, 0.15) is 5.82 Å². The van der Waals surface area contributed by atoms with Crippen molar-refractivity contribution in [1.29, 1.82) is 0 Å². The normalized spacial score (nSPS) is 15.6. The quantitative estimate of drug-likeness (QED) is 0.627. The lowest BCUT2D eigenvalue weighted by molar-refractivity contribution is -0.385. The predicted molar refractivity (Wildman–Crippen MR) is 98.0 cm³/mol. The maximum absolute atomic E-state index is 13.0. The summed E-state index contributed by atoms with van der Waals surface area (Å²) < 4.78 is 18.1. The summed E-state index contributed by atoms with van der Waals surface area (Å²) in [6, 6.07) is 11.8. The van der Waals surface area contributed by atoms with Gasteiger partial charge in [0, 0.05) is 43.5 Å². The Labute approximate surface area is 151 Å². The molecule has 0 saturated carbocycles. The fraction of sp³-hybridized carbons (Fsp3) is 0.368. The minimum atomic E-state index is -0.448. The van der Waals surface area contributed by atoms with Crippen LogP contribution in [-0.4, -0.2) is 36.1 Å². The average Bonchev–Trinajstić information content (AvgIpc) is 2.65. The molecule has 1 N–H and O–H groups in total. The second-order valence-corrected chi connectivity index (χ2v) is 6.46. The molecule has 1 aliphatic heterocycles. The molecule has 1 heterocycles. The highest BCUT2D eigenvalue weighted by Gasteiger charge is 2.20. The molecule has 0 spiro atoms. The van der Waals surface area contributed by atoms with Gasteiger partial charge in [-0.1, -0.05) is 12.1 Å². The third-order valence-electron chi connectivity index (χ3n) is 4.65. The Morgan fingerprint density at radius 1 is 1.23 bits per heavy atom. The van der Waals surface area contributed by atoms with E-state index in [-0.39, 0.29) is 17.3 Å². The number of methoxy groups -OCH3 is 1. The monoisotopic (exact) mass is 359 g/mol. The molecule has 0 amide bonds. The Balaban J connectivity index is 1.54. The Hall–Kier alpha value is -2.67. The zero-order valence-electron chi connectivity index (χ0n) is 14.7. The van der Waals surface area contributed by atoms with E-state index in [0.29, 0.717) is 6.04 Å². The van der Waals surface area contributed by atoms with Crippen LogP contribution in [-0.2, 0) is 6.54 Å². The van der Waals surface area contributed by atoms with Gasteiger partial charge in [0.2, 0.25) is 0 Å². The molecular weight excluding hydrogens is 337 g/mol. The summed E-state index contributed by atoms with van der Waals surface area (Å²) in [5, 5.41) is 14.4. The molecule has 7 heteroatoms. The van der Waals surface area contributed by atoms with E-state index in [1.165, 1.54) is 25.3 Å². The zero-order chi connectivity index (χ0) is 18.5. The van der Waals surface area contributed by atoms with E-state index in [1.54, 1.807) is 12.1 Å². The topological polar surface area (TPSA) is 67.6 Å². The smallest absolute Gasteiger partial charge is 0.311 e. The SMILES string of the molecule is COc1cc(NC2CCN(Cc3ccc(F)cc3)CC2)ccc1[N+](=O)[O-]. The van der Waals surface area contributed by atoms with Crippen molar-refractivity contribution in [2.75, 3.05) is 25.5 Å². The van der Waals surface area contributed by atoms with Crippen molar-refractivity contribution >= 4 is 11.4 Å². The van der Waals surface area contributed by atoms with Crippen molar-refractivity contribution in [1.82, 2.24) is 4.90 Å². The van der Waals surface area contributed by atoms with E-state index in [4.69, 9.17) is 4.74 Å². The fourth-order valence-corrected chi connectivity index (χ4v) is 3.24. The number of hydrogen-bond donors (Lipinski definition) is 1. The number of nitrogens with zero attached hydrogens (tertiary/aromatic N) is 2. The number of anilines is 1. The van der Waals surface area contributed by atoms with Crippen LogP contribution < -0.4 is 10.1 Å². The minimum Gasteiger partial charge on any atom is -0.490 e. The number of halogens is 1. The van der Waals surface area contributed by atoms with Crippen molar-refractivity contribution in [3.8, 4) is 5.75 Å². The molecule has 1 saturated heterocycles. The first kappa shape index (κ1) is 18.1. The lowest BCUT2D eigenvalue weighted by Crippen LogP contribution is -2.38. The number of nitrogens with one attached hydrogen (secondary N) is 1. The van der Waals surface area contributed by atoms with Crippen LogP contribution in [0.4, 0.5) is 15.8 Å². The van der Waals surface area contributed by atoms with Crippen LogP contribution >= 0.6 is 0 Å². The van der Waals surface area contributed by atoms with Crippen LogP contribution in [0.1, 0.15) is 18.4 Å². The lowest BCUT2D eigenvalue weighted by atomic mass is 10.0. The van der Waals surface area contributed by atoms with Crippen LogP contribution in [0.25, 0.3) is 0 Å². The zero-order valence-corrected chi connectivity index (χ0v) is 14.7. The molecule has 0 aromatic heterocycles. The summed E-state index contributed by atoms with van der Waals surface area (Å²) in [5.41, 5.74) is 1.90. The van der Waals surface area contributed by atoms with E-state index >= 15 is 0 Å². The summed E-state index contributed by atoms with van der Waals surface area (Å²) >= 11 is 0. The van der Waals surface area contributed by atoms with Crippen molar-refractivity contribution in [2.24, 2.45) is 0 Å². The van der Waals surface area contributed by atoms with Gasteiger partial charge in [-0.15, -0.1) is 0 Å². The number of piperidine rings is 1. The molecular formula is C19H22FN3O3. The molecule has 3 rings (SSSR count). The molecule has 6 nitrogen and oxygen atoms in total. The van der Waals surface area contributed by atoms with Gasteiger partial charge in [-0.2, -0.15) is 0 Å². The van der Waals surface area contributed by atoms with Crippen LogP contribution in [0.3, 0.4) is 0 Å². The first-order valence-electron chi connectivity index (χ1n) is 8.61. The van der Waals surface area contributed by atoms with Gasteiger partial charge in [0.15, 0.2) is 5.75 Å². The average molecular weight is 359 g/mol. The Morgan fingerprint density at radius 3 is 2.54 bits per heavy atom. The molecule has 0 unspecified atom stereocenters. The largest absolute Gasteiger partial charge is 0.490 e. The van der Waals surface area contributed by atoms with Crippen molar-refractivity contribution < 1.29 is 14.1 Å². The highest BCUT2D eigenvalue weighted by molar-refractivity contribution is 5.58. The molecule has 0 bridgehead atoms. The van der Waals surface area contributed by atoms with Gasteiger partial charge in [-0.25, -0.2) is 4.39 Å². The minimum absolute atomic E-state index is 0.0350. The lowest BCUT2D eigenvalue weighted by Gasteiger charge is -2.33. The molecule has 2 aromatic carbocycles. The van der Waals surface area contributed by atoms with Crippen LogP contribution in [0.15, 0.2) is 42.5 Å². The first-order valence-corrected chi connectivity index (χ1v) is 8.61. The highest BCUT2D eigenvalue weighted by Crippen LogP contribution is 2.30. The van der Waals surface area contributed by atoms with Crippen LogP contribution in [0, 0.1) is 15.9 Å². The molecule has 26 heavy (non-hydrogen) atoms. The Morgan fingerprint density at radius 2 is 1.92 bits per heavy atom. The summed E-state index contributed by atoms with van der Waals surface area (Å²) in [6.07, 6.45) is 1.95. The van der Waals surface area contributed by atoms with E-state index in [9.17, 15) is 14.5 Å². The van der Waals surface area contributed by atoms with Gasteiger partial charge in [0.05, 0.1) is 12.0 Å².